The topological polar surface area (TPSA) is 118 Å². The number of aromatic nitrogens is 2. The molecule has 1 amide bonds. The fourth-order valence-corrected chi connectivity index (χ4v) is 7.90. The maximum absolute atomic E-state index is 16.6. The highest BCUT2D eigenvalue weighted by molar-refractivity contribution is 7.23. The Morgan fingerprint density at radius 3 is 2.78 bits per heavy atom. The third kappa shape index (κ3) is 4.89. The molecule has 2 aromatic heterocycles. The number of nitrogens with two attached hydrogens (primary N) is 1. The number of nitriles is 1. The van der Waals surface area contributed by atoms with Crippen LogP contribution in [-0.4, -0.2) is 82.4 Å². The summed E-state index contributed by atoms with van der Waals surface area (Å²) in [6.07, 6.45) is -0.714. The number of carbonyl (C=O) groups is 1. The van der Waals surface area contributed by atoms with Gasteiger partial charge in [-0.15, -0.1) is 11.3 Å². The number of alkyl halides is 2. The van der Waals surface area contributed by atoms with Crippen molar-refractivity contribution in [1.82, 2.24) is 19.8 Å². The van der Waals surface area contributed by atoms with Gasteiger partial charge < -0.3 is 20.1 Å². The van der Waals surface area contributed by atoms with Crippen LogP contribution >= 0.6 is 11.3 Å². The van der Waals surface area contributed by atoms with Gasteiger partial charge in [0.1, 0.15) is 35.2 Å². The largest absolute Gasteiger partial charge is 0.469 e. The quantitative estimate of drug-likeness (QED) is 0.211. The standard InChI is InChI=1S/C32H28F4N6O3S/c1-2-24(43)41-13-22(35)23(14-41)45-30-19-5-4-18(17-6-7-21(34)28-25(17)20(11-37)29(38)46-28)26(36)27(19)39-31(40-30)44-15-32-8-3-9-42(32)12-16(33)10-32/h2,4-7,16,22-23H,1,3,8-10,12-15,38H2. The monoisotopic (exact) mass is 652 g/mol. The number of anilines is 1. The molecule has 0 bridgehead atoms. The molecule has 2 aromatic carbocycles. The van der Waals surface area contributed by atoms with Crippen LogP contribution in [0.1, 0.15) is 24.8 Å². The highest BCUT2D eigenvalue weighted by Gasteiger charge is 2.49. The maximum atomic E-state index is 16.6. The number of ether oxygens (including phenoxy) is 2. The second kappa shape index (κ2) is 11.4. The predicted molar refractivity (Wildman–Crippen MR) is 164 cm³/mol. The van der Waals surface area contributed by atoms with Crippen molar-refractivity contribution in [3.63, 3.8) is 0 Å². The molecule has 3 aliphatic heterocycles. The van der Waals surface area contributed by atoms with Crippen molar-refractivity contribution in [1.29, 1.82) is 5.26 Å². The molecule has 3 saturated heterocycles. The highest BCUT2D eigenvalue weighted by Crippen LogP contribution is 2.44. The molecule has 4 unspecified atom stereocenters. The van der Waals surface area contributed by atoms with Crippen molar-refractivity contribution in [3.05, 3.63) is 54.1 Å². The van der Waals surface area contributed by atoms with Gasteiger partial charge in [-0.05, 0) is 43.2 Å². The first-order valence-corrected chi connectivity index (χ1v) is 15.6. The number of hydrogen-bond donors (Lipinski definition) is 1. The summed E-state index contributed by atoms with van der Waals surface area (Å²) in [5.41, 5.74) is 5.49. The fraction of sp³-hybridized carbons (Fsp3) is 0.375. The zero-order valence-electron chi connectivity index (χ0n) is 24.4. The van der Waals surface area contributed by atoms with E-state index in [1.807, 2.05) is 11.0 Å². The summed E-state index contributed by atoms with van der Waals surface area (Å²) < 4.78 is 72.9. The second-order valence-corrected chi connectivity index (χ2v) is 12.9. The van der Waals surface area contributed by atoms with E-state index in [2.05, 4.69) is 16.5 Å². The average molecular weight is 653 g/mol. The van der Waals surface area contributed by atoms with E-state index in [-0.39, 0.29) is 80.7 Å². The molecule has 0 saturated carbocycles. The zero-order valence-corrected chi connectivity index (χ0v) is 25.3. The van der Waals surface area contributed by atoms with Crippen molar-refractivity contribution < 1.29 is 31.8 Å². The Bertz CT molecular complexity index is 1950. The Kier molecular flexibility index (Phi) is 7.48. The molecule has 7 rings (SSSR count). The van der Waals surface area contributed by atoms with Crippen LogP contribution in [0.4, 0.5) is 22.6 Å². The van der Waals surface area contributed by atoms with Gasteiger partial charge in [-0.25, -0.2) is 17.6 Å². The Labute approximate surface area is 264 Å². The minimum atomic E-state index is -1.56. The Balaban J connectivity index is 1.33. The molecule has 238 valence electrons. The molecule has 4 atom stereocenters. The van der Waals surface area contributed by atoms with Crippen LogP contribution in [0.25, 0.3) is 32.1 Å². The molecule has 4 aromatic rings. The third-order valence-electron chi connectivity index (χ3n) is 9.15. The number of carbonyl (C=O) groups excluding carboxylic acids is 1. The lowest BCUT2D eigenvalue weighted by Crippen LogP contribution is -2.43. The molecule has 2 N–H and O–H groups in total. The number of halogens is 4. The first-order valence-electron chi connectivity index (χ1n) is 14.8. The van der Waals surface area contributed by atoms with Gasteiger partial charge in [-0.3, -0.25) is 9.69 Å². The van der Waals surface area contributed by atoms with E-state index in [0.29, 0.717) is 13.0 Å². The second-order valence-electron chi connectivity index (χ2n) is 11.9. The van der Waals surface area contributed by atoms with E-state index in [4.69, 9.17) is 15.2 Å². The molecule has 0 spiro atoms. The third-order valence-corrected chi connectivity index (χ3v) is 10.2. The van der Waals surface area contributed by atoms with Gasteiger partial charge in [0.05, 0.1) is 34.3 Å². The minimum Gasteiger partial charge on any atom is -0.469 e. The van der Waals surface area contributed by atoms with Gasteiger partial charge in [0.25, 0.3) is 0 Å². The molecule has 0 radical (unpaired) electrons. The van der Waals surface area contributed by atoms with Crippen molar-refractivity contribution in [2.24, 2.45) is 0 Å². The van der Waals surface area contributed by atoms with Gasteiger partial charge >= 0.3 is 6.01 Å². The number of nitrogen functional groups attached to an aromatic ring is 1. The Morgan fingerprint density at radius 1 is 1.20 bits per heavy atom. The molecule has 3 aliphatic rings. The van der Waals surface area contributed by atoms with Gasteiger partial charge in [0.15, 0.2) is 18.1 Å². The van der Waals surface area contributed by atoms with Gasteiger partial charge in [-0.2, -0.15) is 15.2 Å². The molecule has 9 nitrogen and oxygen atoms in total. The van der Waals surface area contributed by atoms with Crippen LogP contribution < -0.4 is 15.2 Å². The lowest BCUT2D eigenvalue weighted by Gasteiger charge is -2.30. The molecule has 46 heavy (non-hydrogen) atoms. The van der Waals surface area contributed by atoms with E-state index >= 15 is 8.78 Å². The van der Waals surface area contributed by atoms with E-state index < -0.39 is 41.5 Å². The number of thiophene rings is 1. The summed E-state index contributed by atoms with van der Waals surface area (Å²) in [5.74, 6) is -2.06. The summed E-state index contributed by atoms with van der Waals surface area (Å²) in [4.78, 5) is 24.2. The molecule has 0 aliphatic carbocycles. The van der Waals surface area contributed by atoms with Crippen molar-refractivity contribution in [2.45, 2.75) is 43.2 Å². The maximum Gasteiger partial charge on any atom is 0.320 e. The van der Waals surface area contributed by atoms with Gasteiger partial charge in [0.2, 0.25) is 11.8 Å². The molecule has 5 heterocycles. The molecular formula is C32H28F4N6O3S. The zero-order chi connectivity index (χ0) is 32.3. The first kappa shape index (κ1) is 30.2. The van der Waals surface area contributed by atoms with Gasteiger partial charge in [0, 0.05) is 23.9 Å². The summed E-state index contributed by atoms with van der Waals surface area (Å²) in [6, 6.07) is 7.17. The van der Waals surface area contributed by atoms with Crippen LogP contribution in [0, 0.1) is 23.0 Å². The van der Waals surface area contributed by atoms with Crippen molar-refractivity contribution >= 4 is 43.2 Å². The number of rotatable bonds is 7. The predicted octanol–water partition coefficient (Wildman–Crippen LogP) is 5.31. The Morgan fingerprint density at radius 2 is 2.00 bits per heavy atom. The highest BCUT2D eigenvalue weighted by atomic mass is 32.1. The van der Waals surface area contributed by atoms with Crippen LogP contribution in [0.15, 0.2) is 36.9 Å². The van der Waals surface area contributed by atoms with Crippen LogP contribution in [-0.2, 0) is 4.79 Å². The first-order chi connectivity index (χ1) is 22.1. The number of fused-ring (bicyclic) bond motifs is 3. The van der Waals surface area contributed by atoms with Crippen molar-refractivity contribution in [3.8, 4) is 29.1 Å². The number of hydrogen-bond acceptors (Lipinski definition) is 9. The van der Waals surface area contributed by atoms with Crippen LogP contribution in [0.5, 0.6) is 11.9 Å². The summed E-state index contributed by atoms with van der Waals surface area (Å²) in [5, 5.41) is 10.1. The summed E-state index contributed by atoms with van der Waals surface area (Å²) in [6.45, 7) is 4.23. The summed E-state index contributed by atoms with van der Waals surface area (Å²) in [7, 11) is 0. The van der Waals surface area contributed by atoms with Crippen LogP contribution in [0.2, 0.25) is 0 Å². The number of amides is 1. The normalized spacial score (nSPS) is 24.4. The average Bonchev–Trinajstić information content (AvgIpc) is 3.77. The summed E-state index contributed by atoms with van der Waals surface area (Å²) >= 11 is 0.892. The van der Waals surface area contributed by atoms with Crippen LogP contribution in [0.3, 0.4) is 0 Å². The fourth-order valence-electron chi connectivity index (χ4n) is 6.95. The minimum absolute atomic E-state index is 0.00557. The number of benzene rings is 2. The van der Waals surface area contributed by atoms with Crippen molar-refractivity contribution in [2.75, 3.05) is 38.5 Å². The van der Waals surface area contributed by atoms with E-state index in [1.54, 1.807) is 0 Å². The van der Waals surface area contributed by atoms with E-state index in [9.17, 15) is 18.8 Å². The molecular weight excluding hydrogens is 624 g/mol. The molecule has 3 fully saturated rings. The smallest absolute Gasteiger partial charge is 0.320 e. The lowest BCUT2D eigenvalue weighted by molar-refractivity contribution is -0.125. The van der Waals surface area contributed by atoms with E-state index in [0.717, 1.165) is 30.4 Å². The number of likely N-dealkylation sites (tertiary alicyclic amines) is 1. The molecule has 14 heteroatoms. The van der Waals surface area contributed by atoms with Gasteiger partial charge in [-0.1, -0.05) is 18.7 Å². The lowest BCUT2D eigenvalue weighted by atomic mass is 9.95. The Hall–Kier alpha value is -4.48. The number of nitrogens with zero attached hydrogens (tertiary/aromatic N) is 5. The SMILES string of the molecule is C=CC(=O)N1CC(F)C(Oc2nc(OCC34CCCN3CC(F)C4)nc3c(F)c(-c4ccc(F)c5sc(N)c(C#N)c45)ccc23)C1. The van der Waals surface area contributed by atoms with E-state index in [1.165, 1.54) is 29.2 Å².